The van der Waals surface area contributed by atoms with Crippen molar-refractivity contribution in [2.24, 2.45) is 5.16 Å². The van der Waals surface area contributed by atoms with E-state index in [1.165, 1.54) is 5.56 Å². The molecule has 1 aliphatic carbocycles. The average molecular weight is 196 g/mol. The van der Waals surface area contributed by atoms with Crippen molar-refractivity contribution in [2.45, 2.75) is 19.3 Å². The normalized spacial score (nSPS) is 18.7. The van der Waals surface area contributed by atoms with Crippen molar-refractivity contribution in [3.8, 4) is 0 Å². The van der Waals surface area contributed by atoms with Crippen LogP contribution in [0.2, 0.25) is 5.02 Å². The maximum absolute atomic E-state index is 8.79. The Morgan fingerprint density at radius 3 is 2.92 bits per heavy atom. The van der Waals surface area contributed by atoms with Crippen molar-refractivity contribution >= 4 is 17.3 Å². The number of oxime groups is 1. The molecule has 0 radical (unpaired) electrons. The zero-order chi connectivity index (χ0) is 9.26. The Labute approximate surface area is 81.8 Å². The van der Waals surface area contributed by atoms with E-state index < -0.39 is 0 Å². The largest absolute Gasteiger partial charge is 0.411 e. The lowest BCUT2D eigenvalue weighted by Crippen LogP contribution is -2.12. The first-order chi connectivity index (χ1) is 6.33. The van der Waals surface area contributed by atoms with Crippen LogP contribution in [0.5, 0.6) is 0 Å². The van der Waals surface area contributed by atoms with E-state index in [-0.39, 0.29) is 0 Å². The molecule has 0 atom stereocenters. The molecule has 0 aliphatic heterocycles. The Hall–Kier alpha value is -1.02. The molecule has 0 spiro atoms. The number of aryl methyl sites for hydroxylation is 1. The quantitative estimate of drug-likeness (QED) is 0.501. The van der Waals surface area contributed by atoms with E-state index in [2.05, 4.69) is 5.16 Å². The summed E-state index contributed by atoms with van der Waals surface area (Å²) in [6, 6.07) is 5.80. The van der Waals surface area contributed by atoms with Gasteiger partial charge in [0.1, 0.15) is 0 Å². The number of fused-ring (bicyclic) bond motifs is 1. The zero-order valence-electron chi connectivity index (χ0n) is 7.13. The summed E-state index contributed by atoms with van der Waals surface area (Å²) in [5.74, 6) is 0. The van der Waals surface area contributed by atoms with Gasteiger partial charge in [0, 0.05) is 5.56 Å². The van der Waals surface area contributed by atoms with Crippen molar-refractivity contribution in [3.05, 3.63) is 34.3 Å². The number of hydrogen-bond acceptors (Lipinski definition) is 2. The third kappa shape index (κ3) is 1.42. The highest BCUT2D eigenvalue weighted by molar-refractivity contribution is 6.34. The Bertz CT molecular complexity index is 360. The second-order valence-corrected chi connectivity index (χ2v) is 3.58. The molecule has 0 bridgehead atoms. The number of rotatable bonds is 0. The van der Waals surface area contributed by atoms with Crippen LogP contribution < -0.4 is 0 Å². The van der Waals surface area contributed by atoms with Crippen LogP contribution in [-0.2, 0) is 6.42 Å². The van der Waals surface area contributed by atoms with Crippen LogP contribution in [-0.4, -0.2) is 10.9 Å². The van der Waals surface area contributed by atoms with Crippen molar-refractivity contribution in [1.82, 2.24) is 0 Å². The molecule has 0 saturated carbocycles. The van der Waals surface area contributed by atoms with Gasteiger partial charge in [0.2, 0.25) is 0 Å². The second kappa shape index (κ2) is 3.38. The fourth-order valence-corrected chi connectivity index (χ4v) is 2.07. The van der Waals surface area contributed by atoms with Crippen LogP contribution in [0.3, 0.4) is 0 Å². The predicted molar refractivity (Wildman–Crippen MR) is 52.7 cm³/mol. The van der Waals surface area contributed by atoms with Crippen molar-refractivity contribution in [3.63, 3.8) is 0 Å². The Balaban J connectivity index is 2.60. The minimum absolute atomic E-state index is 0.685. The Kier molecular flexibility index (Phi) is 2.23. The van der Waals surface area contributed by atoms with Gasteiger partial charge in [-0.3, -0.25) is 0 Å². The summed E-state index contributed by atoms with van der Waals surface area (Å²) in [6.07, 6.45) is 2.87. The molecule has 0 saturated heterocycles. The SMILES string of the molecule is O/N=C1\CCCc2cccc(Cl)c21. The van der Waals surface area contributed by atoms with Crippen molar-refractivity contribution in [2.75, 3.05) is 0 Å². The minimum atomic E-state index is 0.685. The van der Waals surface area contributed by atoms with Crippen LogP contribution in [0.4, 0.5) is 0 Å². The molecule has 1 aromatic rings. The second-order valence-electron chi connectivity index (χ2n) is 3.17. The highest BCUT2D eigenvalue weighted by Gasteiger charge is 2.18. The smallest absolute Gasteiger partial charge is 0.0885 e. The number of hydrogen-bond donors (Lipinski definition) is 1. The first-order valence-corrected chi connectivity index (χ1v) is 4.69. The van der Waals surface area contributed by atoms with E-state index in [9.17, 15) is 0 Å². The molecule has 2 rings (SSSR count). The molecule has 13 heavy (non-hydrogen) atoms. The molecule has 0 heterocycles. The molecule has 3 heteroatoms. The average Bonchev–Trinajstić information content (AvgIpc) is 2.17. The molecule has 2 nitrogen and oxygen atoms in total. The molecule has 0 unspecified atom stereocenters. The molecule has 0 amide bonds. The van der Waals surface area contributed by atoms with Crippen LogP contribution >= 0.6 is 11.6 Å². The van der Waals surface area contributed by atoms with Gasteiger partial charge in [-0.15, -0.1) is 0 Å². The van der Waals surface area contributed by atoms with E-state index in [4.69, 9.17) is 16.8 Å². The zero-order valence-corrected chi connectivity index (χ0v) is 7.88. The number of nitrogens with zero attached hydrogens (tertiary/aromatic N) is 1. The molecule has 1 aromatic carbocycles. The van der Waals surface area contributed by atoms with Gasteiger partial charge in [-0.05, 0) is 30.9 Å². The summed E-state index contributed by atoms with van der Waals surface area (Å²) >= 11 is 6.02. The van der Waals surface area contributed by atoms with Crippen LogP contribution in [0, 0.1) is 0 Å². The van der Waals surface area contributed by atoms with E-state index in [1.807, 2.05) is 18.2 Å². The fourth-order valence-electron chi connectivity index (χ4n) is 1.77. The monoisotopic (exact) mass is 195 g/mol. The fraction of sp³-hybridized carbons (Fsp3) is 0.300. The van der Waals surface area contributed by atoms with Gasteiger partial charge in [-0.25, -0.2) is 0 Å². The van der Waals surface area contributed by atoms with Gasteiger partial charge >= 0.3 is 0 Å². The number of benzene rings is 1. The van der Waals surface area contributed by atoms with Crippen LogP contribution in [0.1, 0.15) is 24.0 Å². The molecular formula is C10H10ClNO. The topological polar surface area (TPSA) is 32.6 Å². The van der Waals surface area contributed by atoms with Gasteiger partial charge in [-0.1, -0.05) is 28.9 Å². The summed E-state index contributed by atoms with van der Waals surface area (Å²) in [5.41, 5.74) is 2.83. The Morgan fingerprint density at radius 1 is 1.31 bits per heavy atom. The highest BCUT2D eigenvalue weighted by atomic mass is 35.5. The summed E-state index contributed by atoms with van der Waals surface area (Å²) in [6.45, 7) is 0. The van der Waals surface area contributed by atoms with Gasteiger partial charge in [0.15, 0.2) is 0 Å². The highest BCUT2D eigenvalue weighted by Crippen LogP contribution is 2.27. The van der Waals surface area contributed by atoms with E-state index in [1.54, 1.807) is 0 Å². The minimum Gasteiger partial charge on any atom is -0.411 e. The van der Waals surface area contributed by atoms with Crippen molar-refractivity contribution < 1.29 is 5.21 Å². The summed E-state index contributed by atoms with van der Waals surface area (Å²) in [5, 5.41) is 12.8. The maximum atomic E-state index is 8.79. The standard InChI is InChI=1S/C10H10ClNO/c11-8-5-1-3-7-4-2-6-9(12-13)10(7)8/h1,3,5,13H,2,4,6H2/b12-9+. The molecule has 0 aromatic heterocycles. The third-order valence-corrected chi connectivity index (χ3v) is 2.68. The molecule has 0 fully saturated rings. The maximum Gasteiger partial charge on any atom is 0.0885 e. The van der Waals surface area contributed by atoms with Gasteiger partial charge in [-0.2, -0.15) is 0 Å². The molecule has 1 aliphatic rings. The molecule has 1 N–H and O–H groups in total. The summed E-state index contributed by atoms with van der Waals surface area (Å²) in [7, 11) is 0. The predicted octanol–water partition coefficient (Wildman–Crippen LogP) is 2.85. The van der Waals surface area contributed by atoms with Crippen molar-refractivity contribution in [1.29, 1.82) is 0 Å². The van der Waals surface area contributed by atoms with E-state index in [0.717, 1.165) is 24.8 Å². The van der Waals surface area contributed by atoms with Crippen LogP contribution in [0.25, 0.3) is 0 Å². The van der Waals surface area contributed by atoms with Crippen LogP contribution in [0.15, 0.2) is 23.4 Å². The first kappa shape index (κ1) is 8.57. The summed E-state index contributed by atoms with van der Waals surface area (Å²) in [4.78, 5) is 0. The van der Waals surface area contributed by atoms with Gasteiger partial charge in [0.25, 0.3) is 0 Å². The lowest BCUT2D eigenvalue weighted by molar-refractivity contribution is 0.317. The van der Waals surface area contributed by atoms with E-state index in [0.29, 0.717) is 10.7 Å². The molecular weight excluding hydrogens is 186 g/mol. The lowest BCUT2D eigenvalue weighted by Gasteiger charge is -2.17. The first-order valence-electron chi connectivity index (χ1n) is 4.31. The third-order valence-electron chi connectivity index (χ3n) is 2.37. The van der Waals surface area contributed by atoms with E-state index >= 15 is 0 Å². The summed E-state index contributed by atoms with van der Waals surface area (Å²) < 4.78 is 0. The number of halogens is 1. The lowest BCUT2D eigenvalue weighted by atomic mass is 9.90. The van der Waals surface area contributed by atoms with Gasteiger partial charge in [0.05, 0.1) is 10.7 Å². The Morgan fingerprint density at radius 2 is 2.15 bits per heavy atom. The molecule has 68 valence electrons. The van der Waals surface area contributed by atoms with Gasteiger partial charge < -0.3 is 5.21 Å².